The molecule has 1 aliphatic carbocycles. The van der Waals surface area contributed by atoms with E-state index in [1.165, 1.54) is 32.1 Å². The molecule has 2 fully saturated rings. The van der Waals surface area contributed by atoms with E-state index in [-0.39, 0.29) is 11.9 Å². The number of hydrogen-bond donors (Lipinski definition) is 1. The summed E-state index contributed by atoms with van der Waals surface area (Å²) in [6, 6.07) is 0.161. The molecule has 2 amide bonds. The molecule has 1 aliphatic heterocycles. The largest absolute Gasteiger partial charge is 0.346 e. The lowest BCUT2D eigenvalue weighted by atomic mass is 9.86. The molecule has 0 bridgehead atoms. The molecule has 1 heterocycles. The Morgan fingerprint density at radius 3 is 2.53 bits per heavy atom. The molecule has 108 valence electrons. The van der Waals surface area contributed by atoms with Crippen molar-refractivity contribution < 1.29 is 9.59 Å². The van der Waals surface area contributed by atoms with Gasteiger partial charge in [-0.3, -0.25) is 9.59 Å². The maximum atomic E-state index is 12.0. The molecule has 1 atom stereocenters. The molecule has 4 nitrogen and oxygen atoms in total. The van der Waals surface area contributed by atoms with Gasteiger partial charge in [0, 0.05) is 13.1 Å². The maximum absolute atomic E-state index is 12.0. The van der Waals surface area contributed by atoms with Crippen LogP contribution in [0.1, 0.15) is 52.4 Å². The van der Waals surface area contributed by atoms with Crippen LogP contribution in [0, 0.1) is 11.8 Å². The summed E-state index contributed by atoms with van der Waals surface area (Å²) >= 11 is 0. The highest BCUT2D eigenvalue weighted by molar-refractivity contribution is 6.35. The molecule has 2 rings (SSSR count). The fourth-order valence-corrected chi connectivity index (χ4v) is 3.32. The van der Waals surface area contributed by atoms with Crippen molar-refractivity contribution in [3.8, 4) is 0 Å². The zero-order valence-electron chi connectivity index (χ0n) is 12.2. The number of piperazine rings is 1. The third kappa shape index (κ3) is 3.48. The molecule has 4 heteroatoms. The van der Waals surface area contributed by atoms with Gasteiger partial charge in [0.15, 0.2) is 0 Å². The van der Waals surface area contributed by atoms with Crippen LogP contribution in [0.15, 0.2) is 0 Å². The van der Waals surface area contributed by atoms with Gasteiger partial charge in [0.2, 0.25) is 0 Å². The number of hydrogen-bond acceptors (Lipinski definition) is 2. The average molecular weight is 266 g/mol. The van der Waals surface area contributed by atoms with Crippen LogP contribution in [-0.4, -0.2) is 35.8 Å². The quantitative estimate of drug-likeness (QED) is 0.791. The molecule has 1 N–H and O–H groups in total. The summed E-state index contributed by atoms with van der Waals surface area (Å²) < 4.78 is 0. The van der Waals surface area contributed by atoms with Gasteiger partial charge >= 0.3 is 11.8 Å². The lowest BCUT2D eigenvalue weighted by Gasteiger charge is -2.38. The Bertz CT molecular complexity index is 335. The van der Waals surface area contributed by atoms with Crippen LogP contribution in [-0.2, 0) is 9.59 Å². The van der Waals surface area contributed by atoms with E-state index in [0.29, 0.717) is 12.5 Å². The number of amides is 2. The Balaban J connectivity index is 1.93. The molecule has 0 aromatic rings. The zero-order valence-corrected chi connectivity index (χ0v) is 12.2. The minimum Gasteiger partial charge on any atom is -0.346 e. The second-order valence-electron chi connectivity index (χ2n) is 6.31. The van der Waals surface area contributed by atoms with Crippen molar-refractivity contribution in [2.24, 2.45) is 11.8 Å². The van der Waals surface area contributed by atoms with Gasteiger partial charge in [0.05, 0.1) is 6.04 Å². The summed E-state index contributed by atoms with van der Waals surface area (Å²) in [7, 11) is 0. The summed E-state index contributed by atoms with van der Waals surface area (Å²) in [5.41, 5.74) is 0. The SMILES string of the molecule is CC(C)[C@H]1CNC(=O)C(=O)N1CCC1CCCCC1. The lowest BCUT2D eigenvalue weighted by Crippen LogP contribution is -2.60. The summed E-state index contributed by atoms with van der Waals surface area (Å²) in [5.74, 6) is 0.372. The van der Waals surface area contributed by atoms with Crippen LogP contribution in [0.25, 0.3) is 0 Å². The predicted molar refractivity (Wildman–Crippen MR) is 74.5 cm³/mol. The molecule has 0 aromatic carbocycles. The van der Waals surface area contributed by atoms with E-state index < -0.39 is 5.91 Å². The number of nitrogens with one attached hydrogen (secondary N) is 1. The second-order valence-corrected chi connectivity index (χ2v) is 6.31. The van der Waals surface area contributed by atoms with E-state index in [1.807, 2.05) is 4.90 Å². The van der Waals surface area contributed by atoms with Gasteiger partial charge in [0.1, 0.15) is 0 Å². The fourth-order valence-electron chi connectivity index (χ4n) is 3.32. The predicted octanol–water partition coefficient (Wildman–Crippen LogP) is 1.94. The van der Waals surface area contributed by atoms with Gasteiger partial charge in [-0.25, -0.2) is 0 Å². The molecule has 0 aromatic heterocycles. The topological polar surface area (TPSA) is 49.4 Å². The average Bonchev–Trinajstić information content (AvgIpc) is 2.41. The second kappa shape index (κ2) is 6.40. The smallest absolute Gasteiger partial charge is 0.312 e. The Morgan fingerprint density at radius 2 is 1.89 bits per heavy atom. The van der Waals surface area contributed by atoms with Crippen LogP contribution in [0.4, 0.5) is 0 Å². The molecular weight excluding hydrogens is 240 g/mol. The fraction of sp³-hybridized carbons (Fsp3) is 0.867. The molecule has 2 aliphatic rings. The molecule has 0 radical (unpaired) electrons. The van der Waals surface area contributed by atoms with Crippen molar-refractivity contribution in [3.05, 3.63) is 0 Å². The maximum Gasteiger partial charge on any atom is 0.312 e. The highest BCUT2D eigenvalue weighted by Crippen LogP contribution is 2.27. The first kappa shape index (κ1) is 14.4. The first-order valence-corrected chi connectivity index (χ1v) is 7.68. The minimum absolute atomic E-state index is 0.161. The number of rotatable bonds is 4. The van der Waals surface area contributed by atoms with Crippen molar-refractivity contribution in [1.82, 2.24) is 10.2 Å². The summed E-state index contributed by atoms with van der Waals surface area (Å²) in [5, 5.41) is 2.70. The standard InChI is InChI=1S/C15H26N2O2/c1-11(2)13-10-16-14(18)15(19)17(13)9-8-12-6-4-3-5-7-12/h11-13H,3-10H2,1-2H3,(H,16,18)/t13-/m1/s1. The van der Waals surface area contributed by atoms with Crippen LogP contribution in [0.2, 0.25) is 0 Å². The Labute approximate surface area is 115 Å². The molecule has 0 spiro atoms. The van der Waals surface area contributed by atoms with Gasteiger partial charge in [-0.1, -0.05) is 46.0 Å². The van der Waals surface area contributed by atoms with E-state index in [1.54, 1.807) is 0 Å². The van der Waals surface area contributed by atoms with Crippen molar-refractivity contribution in [3.63, 3.8) is 0 Å². The highest BCUT2D eigenvalue weighted by atomic mass is 16.2. The normalized spacial score (nSPS) is 25.8. The van der Waals surface area contributed by atoms with Gasteiger partial charge in [-0.05, 0) is 18.3 Å². The third-order valence-electron chi connectivity index (χ3n) is 4.60. The summed E-state index contributed by atoms with van der Waals surface area (Å²) in [6.45, 7) is 5.58. The number of nitrogens with zero attached hydrogens (tertiary/aromatic N) is 1. The lowest BCUT2D eigenvalue weighted by molar-refractivity contribution is -0.151. The van der Waals surface area contributed by atoms with E-state index in [4.69, 9.17) is 0 Å². The first-order valence-electron chi connectivity index (χ1n) is 7.68. The minimum atomic E-state index is -0.430. The zero-order chi connectivity index (χ0) is 13.8. The van der Waals surface area contributed by atoms with Gasteiger partial charge in [-0.2, -0.15) is 0 Å². The number of carbonyl (C=O) groups excluding carboxylic acids is 2. The van der Waals surface area contributed by atoms with E-state index in [2.05, 4.69) is 19.2 Å². The molecule has 0 unspecified atom stereocenters. The highest BCUT2D eigenvalue weighted by Gasteiger charge is 2.35. The van der Waals surface area contributed by atoms with Crippen molar-refractivity contribution >= 4 is 11.8 Å². The number of carbonyl (C=O) groups is 2. The first-order chi connectivity index (χ1) is 9.09. The van der Waals surface area contributed by atoms with E-state index in [0.717, 1.165) is 18.9 Å². The van der Waals surface area contributed by atoms with E-state index in [9.17, 15) is 9.59 Å². The molecule has 1 saturated heterocycles. The van der Waals surface area contributed by atoms with Crippen molar-refractivity contribution in [2.45, 2.75) is 58.4 Å². The van der Waals surface area contributed by atoms with Crippen LogP contribution in [0.3, 0.4) is 0 Å². The Kier molecular flexibility index (Phi) is 4.83. The van der Waals surface area contributed by atoms with Crippen molar-refractivity contribution in [2.75, 3.05) is 13.1 Å². The van der Waals surface area contributed by atoms with Gasteiger partial charge < -0.3 is 10.2 Å². The van der Waals surface area contributed by atoms with Crippen LogP contribution in [0.5, 0.6) is 0 Å². The van der Waals surface area contributed by atoms with E-state index >= 15 is 0 Å². The molecule has 19 heavy (non-hydrogen) atoms. The monoisotopic (exact) mass is 266 g/mol. The van der Waals surface area contributed by atoms with Gasteiger partial charge in [0.25, 0.3) is 0 Å². The molecular formula is C15H26N2O2. The molecule has 1 saturated carbocycles. The van der Waals surface area contributed by atoms with Crippen LogP contribution >= 0.6 is 0 Å². The third-order valence-corrected chi connectivity index (χ3v) is 4.60. The Morgan fingerprint density at radius 1 is 1.21 bits per heavy atom. The van der Waals surface area contributed by atoms with Crippen molar-refractivity contribution in [1.29, 1.82) is 0 Å². The Hall–Kier alpha value is -1.06. The van der Waals surface area contributed by atoms with Crippen LogP contribution < -0.4 is 5.32 Å². The summed E-state index contributed by atoms with van der Waals surface area (Å²) in [6.07, 6.45) is 7.65. The van der Waals surface area contributed by atoms with Gasteiger partial charge in [-0.15, -0.1) is 0 Å². The summed E-state index contributed by atoms with van der Waals surface area (Å²) in [4.78, 5) is 25.4.